The van der Waals surface area contributed by atoms with E-state index in [4.69, 9.17) is 9.15 Å². The molecule has 0 spiro atoms. The first-order valence-electron chi connectivity index (χ1n) is 12.8. The summed E-state index contributed by atoms with van der Waals surface area (Å²) >= 11 is 0. The lowest BCUT2D eigenvalue weighted by molar-refractivity contribution is -0.136. The number of carbonyl (C=O) groups excluding carboxylic acids is 4. The lowest BCUT2D eigenvalue weighted by Gasteiger charge is -2.16. The minimum absolute atomic E-state index is 0.0433. The third-order valence-electron chi connectivity index (χ3n) is 5.86. The highest BCUT2D eigenvalue weighted by molar-refractivity contribution is 6.39. The van der Waals surface area contributed by atoms with Crippen LogP contribution in [0, 0.1) is 0 Å². The minimum atomic E-state index is -0.878. The molecule has 1 aromatic heterocycles. The van der Waals surface area contributed by atoms with Gasteiger partial charge in [0.05, 0.1) is 30.8 Å². The second-order valence-corrected chi connectivity index (χ2v) is 8.73. The number of ether oxygens (including phenoxy) is 1. The van der Waals surface area contributed by atoms with E-state index in [9.17, 15) is 19.2 Å². The van der Waals surface area contributed by atoms with Crippen LogP contribution in [-0.4, -0.2) is 36.5 Å². The van der Waals surface area contributed by atoms with Gasteiger partial charge in [0, 0.05) is 5.69 Å². The smallest absolute Gasteiger partial charge is 0.338 e. The van der Waals surface area contributed by atoms with Crippen LogP contribution in [-0.2, 0) is 25.7 Å². The summed E-state index contributed by atoms with van der Waals surface area (Å²) in [6.45, 7) is 1.91. The first-order chi connectivity index (χ1) is 19.9. The van der Waals surface area contributed by atoms with Crippen molar-refractivity contribution in [2.45, 2.75) is 19.4 Å². The number of furan rings is 1. The molecule has 0 bridgehead atoms. The molecule has 0 unspecified atom stereocenters. The molecule has 208 valence electrons. The van der Waals surface area contributed by atoms with Crippen LogP contribution in [0.1, 0.15) is 45.8 Å². The highest BCUT2D eigenvalue weighted by Gasteiger charge is 2.22. The molecule has 41 heavy (non-hydrogen) atoms. The van der Waals surface area contributed by atoms with Crippen LogP contribution in [0.4, 0.5) is 5.69 Å². The molecule has 3 aromatic carbocycles. The maximum absolute atomic E-state index is 13.0. The molecule has 0 saturated carbocycles. The SMILES string of the molecule is CCOC(=O)c1ccc(NC(=O)C(=O)NCc2ccc(/C=N\NC(=O)C(c3ccccc3)c3ccccc3)o2)cc1. The number of anilines is 1. The highest BCUT2D eigenvalue weighted by atomic mass is 16.5. The average molecular weight is 553 g/mol. The van der Waals surface area contributed by atoms with Crippen LogP contribution in [0.25, 0.3) is 0 Å². The summed E-state index contributed by atoms with van der Waals surface area (Å²) in [5.74, 6) is -2.35. The van der Waals surface area contributed by atoms with Crippen molar-refractivity contribution in [3.05, 3.63) is 125 Å². The topological polar surface area (TPSA) is 139 Å². The monoisotopic (exact) mass is 552 g/mol. The number of esters is 1. The Labute approximate surface area is 236 Å². The molecule has 0 radical (unpaired) electrons. The van der Waals surface area contributed by atoms with Gasteiger partial charge in [-0.3, -0.25) is 14.4 Å². The number of nitrogens with zero attached hydrogens (tertiary/aromatic N) is 1. The summed E-state index contributed by atoms with van der Waals surface area (Å²) in [5.41, 5.74) is 4.91. The largest absolute Gasteiger partial charge is 0.462 e. The molecule has 3 N–H and O–H groups in total. The van der Waals surface area contributed by atoms with E-state index in [1.807, 2.05) is 60.7 Å². The minimum Gasteiger partial charge on any atom is -0.462 e. The van der Waals surface area contributed by atoms with E-state index in [1.165, 1.54) is 30.5 Å². The van der Waals surface area contributed by atoms with E-state index < -0.39 is 23.7 Å². The number of hydrogen-bond acceptors (Lipinski definition) is 7. The van der Waals surface area contributed by atoms with Gasteiger partial charge >= 0.3 is 17.8 Å². The van der Waals surface area contributed by atoms with Gasteiger partial charge in [0.1, 0.15) is 11.5 Å². The summed E-state index contributed by atoms with van der Waals surface area (Å²) in [4.78, 5) is 49.2. The molecule has 3 amide bonds. The number of rotatable bonds is 10. The Bertz CT molecular complexity index is 1480. The van der Waals surface area contributed by atoms with Gasteiger partial charge in [0.15, 0.2) is 0 Å². The molecule has 1 heterocycles. The van der Waals surface area contributed by atoms with Crippen molar-refractivity contribution < 1.29 is 28.3 Å². The van der Waals surface area contributed by atoms with Crippen molar-refractivity contribution in [1.29, 1.82) is 0 Å². The summed E-state index contributed by atoms with van der Waals surface area (Å²) in [5, 5.41) is 8.95. The maximum atomic E-state index is 13.0. The second kappa shape index (κ2) is 14.0. The summed E-state index contributed by atoms with van der Waals surface area (Å²) in [6, 6.07) is 28.0. The molecule has 0 atom stereocenters. The Morgan fingerprint density at radius 1 is 0.829 bits per heavy atom. The van der Waals surface area contributed by atoms with Crippen molar-refractivity contribution in [3.8, 4) is 0 Å². The van der Waals surface area contributed by atoms with Gasteiger partial charge in [-0.2, -0.15) is 5.10 Å². The molecule has 4 aromatic rings. The summed E-state index contributed by atoms with van der Waals surface area (Å²) < 4.78 is 10.5. The summed E-state index contributed by atoms with van der Waals surface area (Å²) in [6.07, 6.45) is 1.35. The Morgan fingerprint density at radius 2 is 1.46 bits per heavy atom. The molecule has 0 saturated heterocycles. The number of hydrazone groups is 1. The number of hydrogen-bond donors (Lipinski definition) is 3. The van der Waals surface area contributed by atoms with E-state index >= 15 is 0 Å². The van der Waals surface area contributed by atoms with E-state index in [-0.39, 0.29) is 19.1 Å². The number of benzene rings is 3. The van der Waals surface area contributed by atoms with Crippen molar-refractivity contribution >= 4 is 35.6 Å². The molecule has 0 aliphatic carbocycles. The third-order valence-corrected chi connectivity index (χ3v) is 5.86. The van der Waals surface area contributed by atoms with E-state index in [2.05, 4.69) is 21.2 Å². The quantitative estimate of drug-likeness (QED) is 0.118. The number of carbonyl (C=O) groups is 4. The van der Waals surface area contributed by atoms with Gasteiger partial charge in [-0.1, -0.05) is 60.7 Å². The first-order valence-corrected chi connectivity index (χ1v) is 12.8. The van der Waals surface area contributed by atoms with Crippen LogP contribution in [0.2, 0.25) is 0 Å². The zero-order chi connectivity index (χ0) is 29.0. The lowest BCUT2D eigenvalue weighted by Crippen LogP contribution is -2.34. The van der Waals surface area contributed by atoms with Crippen molar-refractivity contribution in [1.82, 2.24) is 10.7 Å². The van der Waals surface area contributed by atoms with Crippen molar-refractivity contribution in [3.63, 3.8) is 0 Å². The fourth-order valence-electron chi connectivity index (χ4n) is 3.91. The Morgan fingerprint density at radius 3 is 2.07 bits per heavy atom. The van der Waals surface area contributed by atoms with Gasteiger partial charge in [-0.05, 0) is 54.4 Å². The lowest BCUT2D eigenvalue weighted by atomic mass is 9.91. The van der Waals surface area contributed by atoms with Crippen LogP contribution in [0.3, 0.4) is 0 Å². The Hall–Kier alpha value is -5.51. The molecule has 0 fully saturated rings. The predicted octanol–water partition coefficient (Wildman–Crippen LogP) is 3.99. The fourth-order valence-corrected chi connectivity index (χ4v) is 3.91. The normalized spacial score (nSPS) is 10.8. The van der Waals surface area contributed by atoms with Gasteiger partial charge in [0.2, 0.25) is 0 Å². The van der Waals surface area contributed by atoms with Crippen LogP contribution in [0.15, 0.2) is 107 Å². The Kier molecular flexibility index (Phi) is 9.76. The molecular formula is C31H28N4O6. The fraction of sp³-hybridized carbons (Fsp3) is 0.129. The number of amides is 3. The van der Waals surface area contributed by atoms with Gasteiger partial charge in [-0.15, -0.1) is 0 Å². The molecule has 10 heteroatoms. The number of nitrogens with one attached hydrogen (secondary N) is 3. The molecule has 4 rings (SSSR count). The Balaban J connectivity index is 1.28. The van der Waals surface area contributed by atoms with Gasteiger partial charge < -0.3 is 19.8 Å². The molecule has 10 nitrogen and oxygen atoms in total. The molecule has 0 aliphatic rings. The second-order valence-electron chi connectivity index (χ2n) is 8.73. The van der Waals surface area contributed by atoms with Crippen LogP contribution >= 0.6 is 0 Å². The zero-order valence-electron chi connectivity index (χ0n) is 22.2. The van der Waals surface area contributed by atoms with E-state index in [1.54, 1.807) is 19.1 Å². The average Bonchev–Trinajstić information content (AvgIpc) is 3.45. The van der Waals surface area contributed by atoms with Crippen molar-refractivity contribution in [2.24, 2.45) is 5.10 Å². The van der Waals surface area contributed by atoms with Crippen LogP contribution in [0.5, 0.6) is 0 Å². The zero-order valence-corrected chi connectivity index (χ0v) is 22.2. The predicted molar refractivity (Wildman–Crippen MR) is 152 cm³/mol. The first kappa shape index (κ1) is 28.5. The standard InChI is InChI=1S/C31H28N4O6/c1-2-40-31(39)23-13-15-24(16-14-23)34-30(38)29(37)32-19-25-17-18-26(41-25)20-33-35-28(36)27(21-9-5-3-6-10-21)22-11-7-4-8-12-22/h3-18,20,27H,2,19H2,1H3,(H,32,37)(H,34,38)(H,35,36)/b33-20-. The van der Waals surface area contributed by atoms with Crippen LogP contribution < -0.4 is 16.1 Å². The highest BCUT2D eigenvalue weighted by Crippen LogP contribution is 2.24. The maximum Gasteiger partial charge on any atom is 0.338 e. The summed E-state index contributed by atoms with van der Waals surface area (Å²) in [7, 11) is 0. The van der Waals surface area contributed by atoms with E-state index in [0.717, 1.165) is 11.1 Å². The van der Waals surface area contributed by atoms with Crippen molar-refractivity contribution in [2.75, 3.05) is 11.9 Å². The molecule has 0 aliphatic heterocycles. The van der Waals surface area contributed by atoms with Gasteiger partial charge in [-0.25, -0.2) is 10.2 Å². The van der Waals surface area contributed by atoms with E-state index in [0.29, 0.717) is 22.8 Å². The van der Waals surface area contributed by atoms with Gasteiger partial charge in [0.25, 0.3) is 5.91 Å². The molecular weight excluding hydrogens is 524 g/mol. The third kappa shape index (κ3) is 7.99.